The number of alkyl carbamates (subject to hydrolysis) is 1. The molecule has 0 bridgehead atoms. The molecule has 2 N–H and O–H groups in total. The number of carbonyl (C=O) groups is 3. The van der Waals surface area contributed by atoms with E-state index in [1.807, 2.05) is 74.5 Å². The van der Waals surface area contributed by atoms with Gasteiger partial charge in [-0.05, 0) is 68.7 Å². The number of fused-ring (bicyclic) bond motifs is 1. The highest BCUT2D eigenvalue weighted by Gasteiger charge is 2.36. The van der Waals surface area contributed by atoms with Crippen molar-refractivity contribution in [3.8, 4) is 0 Å². The van der Waals surface area contributed by atoms with E-state index in [-0.39, 0.29) is 18.2 Å². The summed E-state index contributed by atoms with van der Waals surface area (Å²) in [6.45, 7) is 13.0. The highest BCUT2D eigenvalue weighted by atomic mass is 32.1. The minimum atomic E-state index is -1.02. The molecule has 206 valence electrons. The average Bonchev–Trinajstić information content (AvgIpc) is 2.86. The number of nitrogens with one attached hydrogen (secondary N) is 2. The number of hydrogen-bond donors (Lipinski definition) is 3. The summed E-state index contributed by atoms with van der Waals surface area (Å²) < 4.78 is 5.34. The topological polar surface area (TPSA) is 87.7 Å². The number of anilines is 1. The van der Waals surface area contributed by atoms with Crippen LogP contribution in [0.1, 0.15) is 43.5 Å². The lowest BCUT2D eigenvalue weighted by Crippen LogP contribution is -2.53. The fraction of sp³-hybridized carbons (Fsp3) is 0.323. The van der Waals surface area contributed by atoms with Gasteiger partial charge in [0.05, 0.1) is 0 Å². The number of carbonyl (C=O) groups excluding carboxylic acids is 3. The van der Waals surface area contributed by atoms with Crippen LogP contribution in [0.4, 0.5) is 10.5 Å². The highest BCUT2D eigenvalue weighted by molar-refractivity contribution is 7.80. The molecule has 0 saturated heterocycles. The predicted molar refractivity (Wildman–Crippen MR) is 160 cm³/mol. The molecule has 3 amide bonds. The monoisotopic (exact) mass is 547 g/mol. The SMILES string of the molecule is C=CCN(C(=O)C(CS)NC(=O)OC(C)(C)C)C(C(=O)Nc1ccc2ccccc2c1)c1ccc(C)cc1C. The van der Waals surface area contributed by atoms with E-state index in [0.29, 0.717) is 11.3 Å². The third kappa shape index (κ3) is 7.86. The van der Waals surface area contributed by atoms with Crippen molar-refractivity contribution in [3.63, 3.8) is 0 Å². The molecule has 8 heteroatoms. The standard InChI is InChI=1S/C31H37N3O4S/c1-7-16-34(29(36)26(19-39)33-30(37)38-31(4,5)6)27(25-15-12-20(2)17-21(25)3)28(35)32-24-14-13-22-10-8-9-11-23(22)18-24/h7-15,17-18,26-27,39H,1,16,19H2,2-6H3,(H,32,35)(H,33,37). The zero-order chi connectivity index (χ0) is 28.7. The fourth-order valence-corrected chi connectivity index (χ4v) is 4.61. The van der Waals surface area contributed by atoms with Gasteiger partial charge in [-0.25, -0.2) is 4.79 Å². The van der Waals surface area contributed by atoms with Crippen LogP contribution in [-0.2, 0) is 14.3 Å². The van der Waals surface area contributed by atoms with Gasteiger partial charge >= 0.3 is 6.09 Å². The summed E-state index contributed by atoms with van der Waals surface area (Å²) in [5.74, 6) is -0.852. The smallest absolute Gasteiger partial charge is 0.408 e. The second kappa shape index (κ2) is 12.8. The maximum Gasteiger partial charge on any atom is 0.408 e. The minimum Gasteiger partial charge on any atom is -0.444 e. The number of benzene rings is 3. The number of aryl methyl sites for hydroxylation is 2. The van der Waals surface area contributed by atoms with E-state index in [1.54, 1.807) is 26.8 Å². The van der Waals surface area contributed by atoms with Crippen molar-refractivity contribution in [2.45, 2.75) is 52.3 Å². The maximum absolute atomic E-state index is 14.0. The highest BCUT2D eigenvalue weighted by Crippen LogP contribution is 2.28. The Morgan fingerprint density at radius 2 is 1.72 bits per heavy atom. The van der Waals surface area contributed by atoms with Gasteiger partial charge in [0.1, 0.15) is 17.7 Å². The van der Waals surface area contributed by atoms with Crippen LogP contribution in [0.2, 0.25) is 0 Å². The average molecular weight is 548 g/mol. The summed E-state index contributed by atoms with van der Waals surface area (Å²) in [6.07, 6.45) is 0.818. The van der Waals surface area contributed by atoms with E-state index < -0.39 is 29.7 Å². The molecule has 2 atom stereocenters. The van der Waals surface area contributed by atoms with Crippen LogP contribution < -0.4 is 10.6 Å². The van der Waals surface area contributed by atoms with Gasteiger partial charge in [0.2, 0.25) is 5.91 Å². The lowest BCUT2D eigenvalue weighted by molar-refractivity contribution is -0.139. The lowest BCUT2D eigenvalue weighted by atomic mass is 9.96. The number of hydrogen-bond acceptors (Lipinski definition) is 5. The summed E-state index contributed by atoms with van der Waals surface area (Å²) in [5, 5.41) is 7.64. The maximum atomic E-state index is 14.0. The normalized spacial score (nSPS) is 12.8. The van der Waals surface area contributed by atoms with Gasteiger partial charge in [0.15, 0.2) is 0 Å². The van der Waals surface area contributed by atoms with Gasteiger partial charge in [0, 0.05) is 18.0 Å². The number of amides is 3. The largest absolute Gasteiger partial charge is 0.444 e. The van der Waals surface area contributed by atoms with E-state index in [9.17, 15) is 14.4 Å². The summed E-state index contributed by atoms with van der Waals surface area (Å²) >= 11 is 4.32. The van der Waals surface area contributed by atoms with Gasteiger partial charge in [-0.1, -0.05) is 60.2 Å². The Morgan fingerprint density at radius 1 is 1.03 bits per heavy atom. The van der Waals surface area contributed by atoms with Crippen LogP contribution in [0.25, 0.3) is 10.8 Å². The van der Waals surface area contributed by atoms with Crippen LogP contribution in [0.5, 0.6) is 0 Å². The molecule has 0 radical (unpaired) electrons. The number of nitrogens with zero attached hydrogens (tertiary/aromatic N) is 1. The first-order valence-electron chi connectivity index (χ1n) is 12.8. The Kier molecular flexibility index (Phi) is 9.81. The van der Waals surface area contributed by atoms with Crippen LogP contribution in [0.15, 0.2) is 73.3 Å². The summed E-state index contributed by atoms with van der Waals surface area (Å²) in [4.78, 5) is 41.7. The Balaban J connectivity index is 2.00. The van der Waals surface area contributed by atoms with Crippen LogP contribution in [0.3, 0.4) is 0 Å². The third-order valence-electron chi connectivity index (χ3n) is 6.08. The molecule has 0 aliphatic heterocycles. The van der Waals surface area contributed by atoms with Crippen LogP contribution >= 0.6 is 12.6 Å². The summed E-state index contributed by atoms with van der Waals surface area (Å²) in [6, 6.07) is 17.2. The molecule has 0 fully saturated rings. The van der Waals surface area contributed by atoms with E-state index in [1.165, 1.54) is 4.90 Å². The zero-order valence-electron chi connectivity index (χ0n) is 23.2. The summed E-state index contributed by atoms with van der Waals surface area (Å²) in [7, 11) is 0. The first kappa shape index (κ1) is 29.8. The molecule has 0 aliphatic rings. The number of thiol groups is 1. The van der Waals surface area contributed by atoms with Gasteiger partial charge in [-0.2, -0.15) is 12.6 Å². The Labute approximate surface area is 236 Å². The van der Waals surface area contributed by atoms with E-state index in [4.69, 9.17) is 4.74 Å². The first-order valence-corrected chi connectivity index (χ1v) is 13.5. The third-order valence-corrected chi connectivity index (χ3v) is 6.44. The lowest BCUT2D eigenvalue weighted by Gasteiger charge is -2.34. The quantitative estimate of drug-likeness (QED) is 0.227. The van der Waals surface area contributed by atoms with Gasteiger partial charge in [0.25, 0.3) is 5.91 Å². The molecule has 0 saturated carbocycles. The van der Waals surface area contributed by atoms with Gasteiger partial charge in [-0.3, -0.25) is 9.59 Å². The molecule has 3 aromatic rings. The Morgan fingerprint density at radius 3 is 2.33 bits per heavy atom. The minimum absolute atomic E-state index is 0.0115. The fourth-order valence-electron chi connectivity index (χ4n) is 4.36. The zero-order valence-corrected chi connectivity index (χ0v) is 24.0. The van der Waals surface area contributed by atoms with Gasteiger partial charge < -0.3 is 20.3 Å². The van der Waals surface area contributed by atoms with Gasteiger partial charge in [-0.15, -0.1) is 6.58 Å². The van der Waals surface area contributed by atoms with Crippen molar-refractivity contribution < 1.29 is 19.1 Å². The number of ether oxygens (including phenoxy) is 1. The van der Waals surface area contributed by atoms with E-state index in [2.05, 4.69) is 29.8 Å². The first-order chi connectivity index (χ1) is 18.4. The number of rotatable bonds is 9. The van der Waals surface area contributed by atoms with Crippen LogP contribution in [0, 0.1) is 13.8 Å². The molecule has 0 aliphatic carbocycles. The molecule has 0 aromatic heterocycles. The Bertz CT molecular complexity index is 1370. The van der Waals surface area contributed by atoms with Crippen molar-refractivity contribution in [1.29, 1.82) is 0 Å². The molecule has 2 unspecified atom stereocenters. The second-order valence-electron chi connectivity index (χ2n) is 10.5. The molecule has 0 heterocycles. The van der Waals surface area contributed by atoms with Crippen molar-refractivity contribution in [2.75, 3.05) is 17.6 Å². The molecule has 0 spiro atoms. The molecular weight excluding hydrogens is 510 g/mol. The van der Waals surface area contributed by atoms with E-state index >= 15 is 0 Å². The van der Waals surface area contributed by atoms with E-state index in [0.717, 1.165) is 21.9 Å². The predicted octanol–water partition coefficient (Wildman–Crippen LogP) is 5.97. The van der Waals surface area contributed by atoms with Crippen molar-refractivity contribution in [1.82, 2.24) is 10.2 Å². The second-order valence-corrected chi connectivity index (χ2v) is 10.8. The molecule has 7 nitrogen and oxygen atoms in total. The molecule has 3 rings (SSSR count). The summed E-state index contributed by atoms with van der Waals surface area (Å²) in [5.41, 5.74) is 2.43. The van der Waals surface area contributed by atoms with Crippen molar-refractivity contribution >= 4 is 47.0 Å². The molecule has 39 heavy (non-hydrogen) atoms. The van der Waals surface area contributed by atoms with Crippen LogP contribution in [-0.4, -0.2) is 46.7 Å². The molecule has 3 aromatic carbocycles. The van der Waals surface area contributed by atoms with Crippen molar-refractivity contribution in [2.24, 2.45) is 0 Å². The Hall–Kier alpha value is -3.78. The molecular formula is C31H37N3O4S. The van der Waals surface area contributed by atoms with Crippen molar-refractivity contribution in [3.05, 3.63) is 90.0 Å².